The number of sulfone groups is 1. The molecule has 1 saturated heterocycles. The molecule has 0 bridgehead atoms. The van der Waals surface area contributed by atoms with E-state index in [9.17, 15) is 13.2 Å². The summed E-state index contributed by atoms with van der Waals surface area (Å²) in [5.41, 5.74) is 0.790. The van der Waals surface area contributed by atoms with Gasteiger partial charge in [0, 0.05) is 31.1 Å². The van der Waals surface area contributed by atoms with E-state index in [-0.39, 0.29) is 16.5 Å². The van der Waals surface area contributed by atoms with E-state index < -0.39 is 9.84 Å². The van der Waals surface area contributed by atoms with E-state index in [0.717, 1.165) is 38.0 Å². The highest BCUT2D eigenvalue weighted by Gasteiger charge is 2.15. The molecule has 3 rings (SSSR count). The van der Waals surface area contributed by atoms with E-state index >= 15 is 0 Å². The lowest BCUT2D eigenvalue weighted by Gasteiger charge is -2.27. The largest absolute Gasteiger partial charge is 0.357 e. The average molecular weight is 360 g/mol. The van der Waals surface area contributed by atoms with Gasteiger partial charge in [0.15, 0.2) is 9.84 Å². The van der Waals surface area contributed by atoms with Gasteiger partial charge in [0.05, 0.1) is 4.90 Å². The Hall–Kier alpha value is -2.48. The van der Waals surface area contributed by atoms with Crippen LogP contribution in [0.5, 0.6) is 0 Å². The van der Waals surface area contributed by atoms with Crippen LogP contribution in [-0.4, -0.2) is 43.6 Å². The van der Waals surface area contributed by atoms with Crippen molar-refractivity contribution in [3.8, 4) is 0 Å². The summed E-state index contributed by atoms with van der Waals surface area (Å²) in [5.74, 6) is 0.403. The van der Waals surface area contributed by atoms with Gasteiger partial charge in [-0.3, -0.25) is 4.79 Å². The van der Waals surface area contributed by atoms with Gasteiger partial charge in [-0.05, 0) is 43.5 Å². The summed E-state index contributed by atoms with van der Waals surface area (Å²) in [7, 11) is -3.26. The number of benzene rings is 1. The summed E-state index contributed by atoms with van der Waals surface area (Å²) in [6.07, 6.45) is 6.00. The number of rotatable bonds is 4. The van der Waals surface area contributed by atoms with E-state index in [1.807, 2.05) is 0 Å². The summed E-state index contributed by atoms with van der Waals surface area (Å²) in [5, 5.41) is 2.72. The highest BCUT2D eigenvalue weighted by atomic mass is 32.2. The normalized spacial score (nSPS) is 15.0. The molecule has 1 amide bonds. The Morgan fingerprint density at radius 3 is 2.40 bits per heavy atom. The van der Waals surface area contributed by atoms with Crippen LogP contribution in [0.25, 0.3) is 0 Å². The Labute approximate surface area is 147 Å². The summed E-state index contributed by atoms with van der Waals surface area (Å²) in [6.45, 7) is 1.87. The van der Waals surface area contributed by atoms with Crippen LogP contribution in [0.2, 0.25) is 0 Å². The first-order valence-corrected chi connectivity index (χ1v) is 10.0. The van der Waals surface area contributed by atoms with Crippen LogP contribution in [0, 0.1) is 0 Å². The molecule has 0 aliphatic carbocycles. The molecule has 1 fully saturated rings. The first-order chi connectivity index (χ1) is 11.9. The van der Waals surface area contributed by atoms with Crippen LogP contribution in [-0.2, 0) is 9.84 Å². The molecule has 2 heterocycles. The molecule has 0 radical (unpaired) electrons. The number of nitrogens with zero attached hydrogens (tertiary/aromatic N) is 3. The van der Waals surface area contributed by atoms with Crippen LogP contribution >= 0.6 is 0 Å². The summed E-state index contributed by atoms with van der Waals surface area (Å²) >= 11 is 0. The van der Waals surface area contributed by atoms with Crippen LogP contribution in [0.1, 0.15) is 29.8 Å². The molecule has 2 aromatic rings. The number of piperidine rings is 1. The maximum atomic E-state index is 12.4. The lowest BCUT2D eigenvalue weighted by Crippen LogP contribution is -2.30. The van der Waals surface area contributed by atoms with Crippen molar-refractivity contribution in [3.05, 3.63) is 42.4 Å². The fourth-order valence-corrected chi connectivity index (χ4v) is 3.38. The van der Waals surface area contributed by atoms with Crippen molar-refractivity contribution >= 4 is 27.2 Å². The highest BCUT2D eigenvalue weighted by molar-refractivity contribution is 7.90. The van der Waals surface area contributed by atoms with Gasteiger partial charge in [-0.2, -0.15) is 0 Å². The summed E-state index contributed by atoms with van der Waals surface area (Å²) < 4.78 is 22.9. The second-order valence-electron chi connectivity index (χ2n) is 6.06. The van der Waals surface area contributed by atoms with Crippen LogP contribution < -0.4 is 10.2 Å². The van der Waals surface area contributed by atoms with Crippen LogP contribution in [0.15, 0.2) is 41.6 Å². The number of hydrogen-bond donors (Lipinski definition) is 1. The predicted molar refractivity (Wildman–Crippen MR) is 95.6 cm³/mol. The minimum Gasteiger partial charge on any atom is -0.357 e. The second kappa shape index (κ2) is 7.18. The maximum absolute atomic E-state index is 12.4. The van der Waals surface area contributed by atoms with E-state index in [1.54, 1.807) is 18.2 Å². The maximum Gasteiger partial charge on any atom is 0.274 e. The molecule has 0 spiro atoms. The molecule has 132 valence electrons. The monoisotopic (exact) mass is 360 g/mol. The van der Waals surface area contributed by atoms with Crippen LogP contribution in [0.4, 0.5) is 11.5 Å². The number of amides is 1. The first-order valence-electron chi connectivity index (χ1n) is 8.12. The van der Waals surface area contributed by atoms with Gasteiger partial charge in [0.2, 0.25) is 0 Å². The molecule has 0 atom stereocenters. The zero-order valence-corrected chi connectivity index (χ0v) is 14.8. The third-order valence-electron chi connectivity index (χ3n) is 4.11. The lowest BCUT2D eigenvalue weighted by atomic mass is 10.1. The number of hydrogen-bond acceptors (Lipinski definition) is 6. The molecular formula is C17H20N4O3S. The van der Waals surface area contributed by atoms with Gasteiger partial charge in [-0.25, -0.2) is 18.4 Å². The molecule has 1 aromatic heterocycles. The Kier molecular flexibility index (Phi) is 4.98. The summed E-state index contributed by atoms with van der Waals surface area (Å²) in [4.78, 5) is 23.1. The Morgan fingerprint density at radius 1 is 1.08 bits per heavy atom. The molecule has 0 unspecified atom stereocenters. The van der Waals surface area contributed by atoms with Crippen molar-refractivity contribution in [2.24, 2.45) is 0 Å². The molecule has 25 heavy (non-hydrogen) atoms. The topological polar surface area (TPSA) is 92.3 Å². The van der Waals surface area contributed by atoms with E-state index in [2.05, 4.69) is 20.2 Å². The highest BCUT2D eigenvalue weighted by Crippen LogP contribution is 2.19. The quantitative estimate of drug-likeness (QED) is 0.898. The van der Waals surface area contributed by atoms with E-state index in [0.29, 0.717) is 5.69 Å². The fourth-order valence-electron chi connectivity index (χ4n) is 2.75. The SMILES string of the molecule is CS(=O)(=O)c1ccc(NC(=O)c2cc(N3CCCCC3)ncn2)cc1. The Morgan fingerprint density at radius 2 is 1.76 bits per heavy atom. The molecule has 1 aromatic carbocycles. The van der Waals surface area contributed by atoms with Gasteiger partial charge in [0.25, 0.3) is 5.91 Å². The molecule has 8 heteroatoms. The van der Waals surface area contributed by atoms with Gasteiger partial charge in [-0.15, -0.1) is 0 Å². The van der Waals surface area contributed by atoms with Gasteiger partial charge >= 0.3 is 0 Å². The standard InChI is InChI=1S/C17H20N4O3S/c1-25(23,24)14-7-5-13(6-8-14)20-17(22)15-11-16(19-12-18-15)21-9-3-2-4-10-21/h5-8,11-12H,2-4,9-10H2,1H3,(H,20,22). The van der Waals surface area contributed by atoms with Crippen molar-refractivity contribution < 1.29 is 13.2 Å². The number of aromatic nitrogens is 2. The van der Waals surface area contributed by atoms with E-state index in [1.165, 1.54) is 24.9 Å². The third kappa shape index (κ3) is 4.33. The third-order valence-corrected chi connectivity index (χ3v) is 5.23. The first kappa shape index (κ1) is 17.3. The number of carbonyl (C=O) groups is 1. The fraction of sp³-hybridized carbons (Fsp3) is 0.353. The number of carbonyl (C=O) groups excluding carboxylic acids is 1. The molecule has 0 saturated carbocycles. The molecule has 1 aliphatic heterocycles. The molecule has 1 N–H and O–H groups in total. The molecule has 1 aliphatic rings. The smallest absolute Gasteiger partial charge is 0.274 e. The molecule has 7 nitrogen and oxygen atoms in total. The second-order valence-corrected chi connectivity index (χ2v) is 8.08. The van der Waals surface area contributed by atoms with Crippen LogP contribution in [0.3, 0.4) is 0 Å². The van der Waals surface area contributed by atoms with E-state index in [4.69, 9.17) is 0 Å². The average Bonchev–Trinajstić information content (AvgIpc) is 2.62. The van der Waals surface area contributed by atoms with Crippen molar-refractivity contribution in [1.82, 2.24) is 9.97 Å². The minimum absolute atomic E-state index is 0.208. The minimum atomic E-state index is -3.26. The van der Waals surface area contributed by atoms with Gasteiger partial charge < -0.3 is 10.2 Å². The van der Waals surface area contributed by atoms with Crippen molar-refractivity contribution in [3.63, 3.8) is 0 Å². The zero-order chi connectivity index (χ0) is 17.9. The Bertz CT molecular complexity index is 860. The van der Waals surface area contributed by atoms with Crippen molar-refractivity contribution in [2.75, 3.05) is 29.6 Å². The lowest BCUT2D eigenvalue weighted by molar-refractivity contribution is 0.102. The predicted octanol–water partition coefficient (Wildman–Crippen LogP) is 2.12. The van der Waals surface area contributed by atoms with Crippen molar-refractivity contribution in [2.45, 2.75) is 24.2 Å². The van der Waals surface area contributed by atoms with Crippen molar-refractivity contribution in [1.29, 1.82) is 0 Å². The summed E-state index contributed by atoms with van der Waals surface area (Å²) in [6, 6.07) is 7.72. The van der Waals surface area contributed by atoms with Gasteiger partial charge in [-0.1, -0.05) is 0 Å². The zero-order valence-electron chi connectivity index (χ0n) is 14.0. The molecular weight excluding hydrogens is 340 g/mol. The number of anilines is 2. The number of nitrogens with one attached hydrogen (secondary N) is 1. The Balaban J connectivity index is 1.72. The van der Waals surface area contributed by atoms with Gasteiger partial charge in [0.1, 0.15) is 17.8 Å².